The lowest BCUT2D eigenvalue weighted by Crippen LogP contribution is -2.51. The van der Waals surface area contributed by atoms with E-state index in [1.807, 2.05) is 31.2 Å². The minimum Gasteiger partial charge on any atom is -0.466 e. The molecule has 29 heavy (non-hydrogen) atoms. The van der Waals surface area contributed by atoms with E-state index in [0.29, 0.717) is 37.2 Å². The van der Waals surface area contributed by atoms with Gasteiger partial charge in [0.15, 0.2) is 0 Å². The molecule has 0 saturated carbocycles. The second-order valence-electron chi connectivity index (χ2n) is 7.81. The summed E-state index contributed by atoms with van der Waals surface area (Å²) in [5.74, 6) is -0.330. The molecular formula is C21H29N3O4S. The molecule has 1 fully saturated rings. The largest absolute Gasteiger partial charge is 0.466 e. The van der Waals surface area contributed by atoms with Crippen molar-refractivity contribution in [2.24, 2.45) is 5.41 Å². The molecule has 1 atom stereocenters. The van der Waals surface area contributed by atoms with Crippen LogP contribution in [0, 0.1) is 26.2 Å². The maximum Gasteiger partial charge on any atom is 0.313 e. The molecule has 0 amide bonds. The van der Waals surface area contributed by atoms with Gasteiger partial charge in [-0.25, -0.2) is 8.42 Å². The van der Waals surface area contributed by atoms with Crippen LogP contribution in [0.5, 0.6) is 0 Å². The lowest BCUT2D eigenvalue weighted by atomic mass is 9.75. The molecule has 0 bridgehead atoms. The molecule has 1 saturated heterocycles. The highest BCUT2D eigenvalue weighted by Gasteiger charge is 2.47. The van der Waals surface area contributed by atoms with E-state index in [2.05, 4.69) is 10.2 Å². The lowest BCUT2D eigenvalue weighted by molar-refractivity contribution is -0.157. The smallest absolute Gasteiger partial charge is 0.313 e. The first-order valence-electron chi connectivity index (χ1n) is 9.95. The van der Waals surface area contributed by atoms with E-state index in [4.69, 9.17) is 4.74 Å². The van der Waals surface area contributed by atoms with Gasteiger partial charge < -0.3 is 4.74 Å². The Balaban J connectivity index is 2.00. The van der Waals surface area contributed by atoms with E-state index in [-0.39, 0.29) is 24.0 Å². The van der Waals surface area contributed by atoms with Crippen LogP contribution in [-0.2, 0) is 26.0 Å². The zero-order valence-corrected chi connectivity index (χ0v) is 18.3. The van der Waals surface area contributed by atoms with Gasteiger partial charge in [-0.15, -0.1) is 0 Å². The quantitative estimate of drug-likeness (QED) is 0.727. The van der Waals surface area contributed by atoms with Gasteiger partial charge in [-0.2, -0.15) is 9.40 Å². The Hall–Kier alpha value is -2.19. The third-order valence-corrected chi connectivity index (χ3v) is 7.81. The van der Waals surface area contributed by atoms with E-state index in [1.54, 1.807) is 20.8 Å². The number of carbonyl (C=O) groups is 1. The molecule has 1 aromatic carbocycles. The second kappa shape index (κ2) is 8.28. The Morgan fingerprint density at radius 2 is 2.00 bits per heavy atom. The van der Waals surface area contributed by atoms with Crippen molar-refractivity contribution in [3.05, 3.63) is 46.8 Å². The molecule has 0 spiro atoms. The molecule has 8 heteroatoms. The summed E-state index contributed by atoms with van der Waals surface area (Å²) in [6, 6.07) is 7.90. The predicted molar refractivity (Wildman–Crippen MR) is 110 cm³/mol. The Morgan fingerprint density at radius 1 is 1.28 bits per heavy atom. The summed E-state index contributed by atoms with van der Waals surface area (Å²) in [4.78, 5) is 13.3. The van der Waals surface area contributed by atoms with Crippen LogP contribution in [0.3, 0.4) is 0 Å². The number of nitrogens with one attached hydrogen (secondary N) is 1. The number of ether oxygens (including phenoxy) is 1. The van der Waals surface area contributed by atoms with Gasteiger partial charge in [0.2, 0.25) is 10.0 Å². The number of aryl methyl sites for hydroxylation is 3. The number of nitrogens with zero attached hydrogens (tertiary/aromatic N) is 2. The molecular weight excluding hydrogens is 390 g/mol. The monoisotopic (exact) mass is 419 g/mol. The third-order valence-electron chi connectivity index (χ3n) is 5.70. The molecule has 0 radical (unpaired) electrons. The standard InChI is InChI=1S/C21H29N3O4S/c1-5-28-20(25)21(13-18-10-7-6-9-15(18)2)11-8-12-24(14-21)29(26,27)19-16(3)22-23-17(19)4/h6-7,9-10H,5,8,11-14H2,1-4H3,(H,22,23)/t21-/m0/s1. The predicted octanol–water partition coefficient (Wildman–Crippen LogP) is 2.91. The molecule has 0 aliphatic carbocycles. The minimum atomic E-state index is -3.77. The molecule has 2 heterocycles. The van der Waals surface area contributed by atoms with Crippen molar-refractivity contribution < 1.29 is 17.9 Å². The van der Waals surface area contributed by atoms with Crippen molar-refractivity contribution >= 4 is 16.0 Å². The van der Waals surface area contributed by atoms with Crippen LogP contribution in [0.1, 0.15) is 42.3 Å². The van der Waals surface area contributed by atoms with E-state index in [1.165, 1.54) is 4.31 Å². The van der Waals surface area contributed by atoms with E-state index in [0.717, 1.165) is 11.1 Å². The summed E-state index contributed by atoms with van der Waals surface area (Å²) in [6.45, 7) is 7.89. The van der Waals surface area contributed by atoms with Crippen LogP contribution in [-0.4, -0.2) is 48.6 Å². The van der Waals surface area contributed by atoms with Crippen molar-refractivity contribution in [2.75, 3.05) is 19.7 Å². The van der Waals surface area contributed by atoms with Crippen molar-refractivity contribution in [2.45, 2.75) is 51.9 Å². The Bertz CT molecular complexity index is 980. The number of hydrogen-bond donors (Lipinski definition) is 1. The number of rotatable bonds is 6. The highest BCUT2D eigenvalue weighted by atomic mass is 32.2. The first kappa shape index (κ1) is 21.5. The fourth-order valence-electron chi connectivity index (χ4n) is 4.18. The van der Waals surface area contributed by atoms with Gasteiger partial charge in [-0.3, -0.25) is 9.89 Å². The molecule has 3 rings (SSSR count). The van der Waals surface area contributed by atoms with Crippen molar-refractivity contribution in [1.29, 1.82) is 0 Å². The van der Waals surface area contributed by atoms with Gasteiger partial charge in [0, 0.05) is 13.1 Å². The van der Waals surface area contributed by atoms with E-state index >= 15 is 0 Å². The average Bonchev–Trinajstić information content (AvgIpc) is 3.03. The van der Waals surface area contributed by atoms with E-state index in [9.17, 15) is 13.2 Å². The van der Waals surface area contributed by atoms with Crippen molar-refractivity contribution in [1.82, 2.24) is 14.5 Å². The fraction of sp³-hybridized carbons (Fsp3) is 0.524. The Morgan fingerprint density at radius 3 is 2.62 bits per heavy atom. The van der Waals surface area contributed by atoms with Gasteiger partial charge in [0.25, 0.3) is 0 Å². The van der Waals surface area contributed by atoms with E-state index < -0.39 is 15.4 Å². The topological polar surface area (TPSA) is 92.4 Å². The number of piperidine rings is 1. The number of hydrogen-bond acceptors (Lipinski definition) is 5. The first-order chi connectivity index (χ1) is 13.7. The third kappa shape index (κ3) is 4.09. The van der Waals surface area contributed by atoms with Crippen LogP contribution < -0.4 is 0 Å². The number of H-pyrrole nitrogens is 1. The first-order valence-corrected chi connectivity index (χ1v) is 11.4. The number of carbonyl (C=O) groups excluding carboxylic acids is 1. The maximum absolute atomic E-state index is 13.4. The van der Waals surface area contributed by atoms with Gasteiger partial charge in [-0.05, 0) is 58.1 Å². The Labute approximate surface area is 172 Å². The molecule has 1 aromatic heterocycles. The molecule has 2 aromatic rings. The van der Waals surface area contributed by atoms with Crippen molar-refractivity contribution in [3.63, 3.8) is 0 Å². The minimum absolute atomic E-state index is 0.104. The normalized spacial score (nSPS) is 20.6. The lowest BCUT2D eigenvalue weighted by Gasteiger charge is -2.40. The SMILES string of the molecule is CCOC(=O)[C@]1(Cc2ccccc2C)CCCN(S(=O)(=O)c2c(C)n[nH]c2C)C1. The fourth-order valence-corrected chi connectivity index (χ4v) is 6.08. The molecule has 7 nitrogen and oxygen atoms in total. The number of benzene rings is 1. The van der Waals surface area contributed by atoms with Crippen LogP contribution in [0.15, 0.2) is 29.2 Å². The molecule has 1 N–H and O–H groups in total. The van der Waals surface area contributed by atoms with Gasteiger partial charge >= 0.3 is 5.97 Å². The summed E-state index contributed by atoms with van der Waals surface area (Å²) in [6.07, 6.45) is 1.64. The highest BCUT2D eigenvalue weighted by molar-refractivity contribution is 7.89. The van der Waals surface area contributed by atoms with Gasteiger partial charge in [0.1, 0.15) is 4.90 Å². The number of aromatic amines is 1. The number of esters is 1. The summed E-state index contributed by atoms with van der Waals surface area (Å²) in [7, 11) is -3.77. The average molecular weight is 420 g/mol. The highest BCUT2D eigenvalue weighted by Crippen LogP contribution is 2.38. The molecule has 1 aliphatic rings. The Kier molecular flexibility index (Phi) is 6.14. The molecule has 158 valence electrons. The maximum atomic E-state index is 13.4. The number of aromatic nitrogens is 2. The molecule has 0 unspecified atom stereocenters. The summed E-state index contributed by atoms with van der Waals surface area (Å²) >= 11 is 0. The second-order valence-corrected chi connectivity index (χ2v) is 9.68. The van der Waals surface area contributed by atoms with Crippen LogP contribution >= 0.6 is 0 Å². The zero-order chi connectivity index (χ0) is 21.2. The number of sulfonamides is 1. The van der Waals surface area contributed by atoms with Crippen LogP contribution in [0.4, 0.5) is 0 Å². The van der Waals surface area contributed by atoms with Crippen LogP contribution in [0.25, 0.3) is 0 Å². The summed E-state index contributed by atoms with van der Waals surface area (Å²) in [5, 5.41) is 6.78. The van der Waals surface area contributed by atoms with Gasteiger partial charge in [0.05, 0.1) is 23.4 Å². The molecule has 1 aliphatic heterocycles. The zero-order valence-electron chi connectivity index (χ0n) is 17.5. The van der Waals surface area contributed by atoms with Crippen LogP contribution in [0.2, 0.25) is 0 Å². The van der Waals surface area contributed by atoms with Crippen molar-refractivity contribution in [3.8, 4) is 0 Å². The summed E-state index contributed by atoms with van der Waals surface area (Å²) in [5.41, 5.74) is 2.16. The van der Waals surface area contributed by atoms with Gasteiger partial charge in [-0.1, -0.05) is 24.3 Å². The summed E-state index contributed by atoms with van der Waals surface area (Å²) < 4.78 is 33.6.